The van der Waals surface area contributed by atoms with E-state index in [1.54, 1.807) is 0 Å². The third-order valence-corrected chi connectivity index (χ3v) is 9.45. The molecule has 4 heterocycles. The predicted octanol–water partition coefficient (Wildman–Crippen LogP) is 2.12. The third-order valence-electron chi connectivity index (χ3n) is 9.45. The zero-order chi connectivity index (χ0) is 27.4. The first-order valence-electron chi connectivity index (χ1n) is 14.2. The molecule has 1 aromatic carbocycles. The average Bonchev–Trinajstić information content (AvgIpc) is 3.68. The van der Waals surface area contributed by atoms with Crippen molar-refractivity contribution in [3.8, 4) is 0 Å². The molecule has 3 N–H and O–H groups in total. The van der Waals surface area contributed by atoms with Crippen LogP contribution >= 0.6 is 0 Å². The van der Waals surface area contributed by atoms with E-state index in [1.165, 1.54) is 0 Å². The van der Waals surface area contributed by atoms with Crippen LogP contribution in [0.15, 0.2) is 41.0 Å². The molecule has 5 aliphatic rings. The van der Waals surface area contributed by atoms with Crippen molar-refractivity contribution >= 4 is 29.4 Å². The Kier molecular flexibility index (Phi) is 6.40. The molecule has 10 heteroatoms. The van der Waals surface area contributed by atoms with Gasteiger partial charge in [-0.2, -0.15) is 0 Å². The van der Waals surface area contributed by atoms with Crippen LogP contribution in [0.2, 0.25) is 0 Å². The number of likely N-dealkylation sites (N-methyl/N-ethyl adjacent to an activating group) is 1. The first-order chi connectivity index (χ1) is 18.7. The van der Waals surface area contributed by atoms with Gasteiger partial charge in [-0.15, -0.1) is 0 Å². The van der Waals surface area contributed by atoms with E-state index in [4.69, 9.17) is 4.99 Å². The van der Waals surface area contributed by atoms with Crippen molar-refractivity contribution in [3.63, 3.8) is 0 Å². The molecule has 3 atom stereocenters. The van der Waals surface area contributed by atoms with E-state index in [0.717, 1.165) is 56.5 Å². The number of nitrogens with zero attached hydrogens (tertiary/aromatic N) is 4. The van der Waals surface area contributed by atoms with Crippen molar-refractivity contribution in [2.24, 2.45) is 10.4 Å². The molecule has 6 rings (SSSR count). The Morgan fingerprint density at radius 3 is 2.51 bits per heavy atom. The van der Waals surface area contributed by atoms with Crippen LogP contribution in [0.25, 0.3) is 0 Å². The molecule has 0 radical (unpaired) electrons. The lowest BCUT2D eigenvalue weighted by atomic mass is 9.70. The lowest BCUT2D eigenvalue weighted by Gasteiger charge is -2.52. The molecule has 1 aliphatic carbocycles. The fraction of sp³-hybridized carbons (Fsp3) is 0.586. The zero-order valence-electron chi connectivity index (χ0n) is 23.1. The number of aliphatic imine (C=N–C) groups is 1. The van der Waals surface area contributed by atoms with Crippen LogP contribution in [0.1, 0.15) is 62.2 Å². The Morgan fingerprint density at radius 1 is 1.13 bits per heavy atom. The highest BCUT2D eigenvalue weighted by atomic mass is 16.2. The number of rotatable bonds is 4. The summed E-state index contributed by atoms with van der Waals surface area (Å²) in [6.07, 6.45) is 7.83. The maximum atomic E-state index is 14.0. The van der Waals surface area contributed by atoms with Gasteiger partial charge >= 0.3 is 0 Å². The number of likely N-dealkylation sites (tertiary alicyclic amines) is 2. The number of nitrogens with one attached hydrogen (secondary N) is 3. The molecule has 10 nitrogen and oxygen atoms in total. The van der Waals surface area contributed by atoms with Crippen molar-refractivity contribution in [1.82, 2.24) is 25.3 Å². The highest BCUT2D eigenvalue weighted by Gasteiger charge is 2.61. The molecule has 3 saturated heterocycles. The van der Waals surface area contributed by atoms with E-state index in [-0.39, 0.29) is 23.8 Å². The van der Waals surface area contributed by atoms with Crippen molar-refractivity contribution in [2.75, 3.05) is 39.0 Å². The van der Waals surface area contributed by atoms with Gasteiger partial charge in [0.05, 0.1) is 0 Å². The number of hydrogen-bond acceptors (Lipinski definition) is 7. The summed E-state index contributed by atoms with van der Waals surface area (Å²) >= 11 is 0. The molecule has 1 spiro atoms. The fourth-order valence-corrected chi connectivity index (χ4v) is 7.03. The summed E-state index contributed by atoms with van der Waals surface area (Å²) in [5.41, 5.74) is 0.534. The molecular formula is C29H39N7O3. The van der Waals surface area contributed by atoms with Gasteiger partial charge in [-0.25, -0.2) is 4.99 Å². The van der Waals surface area contributed by atoms with E-state index in [2.05, 4.69) is 34.9 Å². The second-order valence-electron chi connectivity index (χ2n) is 12.0. The molecule has 1 saturated carbocycles. The van der Waals surface area contributed by atoms with Crippen LogP contribution in [-0.4, -0.2) is 89.9 Å². The molecule has 3 amide bonds. The van der Waals surface area contributed by atoms with Gasteiger partial charge in [0.2, 0.25) is 17.8 Å². The van der Waals surface area contributed by atoms with Gasteiger partial charge in [0.1, 0.15) is 5.41 Å². The number of amides is 3. The first kappa shape index (κ1) is 25.9. The van der Waals surface area contributed by atoms with Crippen LogP contribution < -0.4 is 16.0 Å². The summed E-state index contributed by atoms with van der Waals surface area (Å²) in [7, 11) is 4.11. The van der Waals surface area contributed by atoms with Crippen LogP contribution in [0.3, 0.4) is 0 Å². The van der Waals surface area contributed by atoms with E-state index in [1.807, 2.05) is 47.2 Å². The topological polar surface area (TPSA) is 109 Å². The van der Waals surface area contributed by atoms with Crippen LogP contribution in [0, 0.1) is 5.41 Å². The normalized spacial score (nSPS) is 30.8. The molecule has 2 unspecified atom stereocenters. The number of anilines is 1. The number of piperidine rings is 1. The molecule has 39 heavy (non-hydrogen) atoms. The Morgan fingerprint density at radius 2 is 1.87 bits per heavy atom. The summed E-state index contributed by atoms with van der Waals surface area (Å²) in [6.45, 7) is 4.05. The smallest absolute Gasteiger partial charge is 0.253 e. The number of guanidine groups is 1. The second kappa shape index (κ2) is 9.66. The Balaban J connectivity index is 1.21. The summed E-state index contributed by atoms with van der Waals surface area (Å²) in [4.78, 5) is 51.0. The maximum absolute atomic E-state index is 14.0. The lowest BCUT2D eigenvalue weighted by Crippen LogP contribution is -2.66. The maximum Gasteiger partial charge on any atom is 0.253 e. The first-order valence-corrected chi connectivity index (χ1v) is 14.2. The fourth-order valence-electron chi connectivity index (χ4n) is 7.03. The predicted molar refractivity (Wildman–Crippen MR) is 149 cm³/mol. The highest BCUT2D eigenvalue weighted by Crippen LogP contribution is 2.50. The van der Waals surface area contributed by atoms with Crippen molar-refractivity contribution in [1.29, 1.82) is 0 Å². The van der Waals surface area contributed by atoms with Gasteiger partial charge in [0.15, 0.2) is 5.66 Å². The summed E-state index contributed by atoms with van der Waals surface area (Å²) < 4.78 is 0. The minimum absolute atomic E-state index is 0.0527. The van der Waals surface area contributed by atoms with Crippen LogP contribution in [0.5, 0.6) is 0 Å². The second-order valence-corrected chi connectivity index (χ2v) is 12.0. The molecule has 4 aliphatic heterocycles. The zero-order valence-corrected chi connectivity index (χ0v) is 23.1. The monoisotopic (exact) mass is 533 g/mol. The molecule has 4 fully saturated rings. The molecule has 208 valence electrons. The Labute approximate surface area is 229 Å². The van der Waals surface area contributed by atoms with Crippen LogP contribution in [0.4, 0.5) is 5.69 Å². The van der Waals surface area contributed by atoms with E-state index >= 15 is 0 Å². The lowest BCUT2D eigenvalue weighted by molar-refractivity contribution is -0.159. The standard InChI is InChI=1S/C29H39N7O3/c1-28-20(16-29(13-14-30-25(29)38)26(39)36(28)22-6-4-5-7-22)17-31-27(33-28)32-21-10-8-19(9-11-21)24(37)35-15-12-23(18-35)34(2)3/h8-11,17,22-23H,4-7,12-16,18H2,1-3H3,(H,30,38)(H2,31,32,33)/t23-,28?,29?/m0/s1. The van der Waals surface area contributed by atoms with E-state index in [0.29, 0.717) is 37.0 Å². The summed E-state index contributed by atoms with van der Waals surface area (Å²) in [6, 6.07) is 7.93. The molecule has 0 bridgehead atoms. The average molecular weight is 534 g/mol. The third kappa shape index (κ3) is 4.29. The molecule has 1 aromatic rings. The van der Waals surface area contributed by atoms with Gasteiger partial charge in [0.25, 0.3) is 5.91 Å². The Bertz CT molecular complexity index is 1240. The SMILES string of the molecule is CN(C)[C@H]1CCN(C(=O)c2ccc(NC3=NC4(C)C(=CN3)CC3(CCNC3=O)C(=O)N4C3CCCC3)cc2)C1. The van der Waals surface area contributed by atoms with Gasteiger partial charge in [0, 0.05) is 49.2 Å². The minimum Gasteiger partial charge on any atom is -0.355 e. The van der Waals surface area contributed by atoms with Gasteiger partial charge in [-0.1, -0.05) is 12.8 Å². The number of fused-ring (bicyclic) bond motifs is 1. The number of hydrogen-bond donors (Lipinski definition) is 3. The number of carbonyl (C=O) groups is 3. The molecular weight excluding hydrogens is 494 g/mol. The quantitative estimate of drug-likeness (QED) is 0.512. The number of carbonyl (C=O) groups excluding carboxylic acids is 3. The largest absolute Gasteiger partial charge is 0.355 e. The van der Waals surface area contributed by atoms with Crippen molar-refractivity contribution in [2.45, 2.75) is 69.6 Å². The highest BCUT2D eigenvalue weighted by molar-refractivity contribution is 6.08. The van der Waals surface area contributed by atoms with Gasteiger partial charge in [-0.3, -0.25) is 14.4 Å². The Hall–Kier alpha value is -3.40. The summed E-state index contributed by atoms with van der Waals surface area (Å²) in [5.74, 6) is 0.343. The van der Waals surface area contributed by atoms with Gasteiger partial charge in [-0.05, 0) is 83.0 Å². The van der Waals surface area contributed by atoms with Crippen molar-refractivity contribution in [3.05, 3.63) is 41.6 Å². The van der Waals surface area contributed by atoms with Crippen molar-refractivity contribution < 1.29 is 14.4 Å². The van der Waals surface area contributed by atoms with Gasteiger partial charge < -0.3 is 30.7 Å². The van der Waals surface area contributed by atoms with Crippen LogP contribution in [-0.2, 0) is 9.59 Å². The summed E-state index contributed by atoms with van der Waals surface area (Å²) in [5, 5.41) is 9.50. The van der Waals surface area contributed by atoms with E-state index < -0.39 is 11.1 Å². The molecule has 0 aromatic heterocycles. The number of benzene rings is 1. The van der Waals surface area contributed by atoms with E-state index in [9.17, 15) is 14.4 Å². The minimum atomic E-state index is -1.03.